The van der Waals surface area contributed by atoms with Crippen LogP contribution in [0.5, 0.6) is 0 Å². The van der Waals surface area contributed by atoms with Gasteiger partial charge in [0.2, 0.25) is 11.8 Å². The molecule has 0 atom stereocenters. The number of nitrogens with one attached hydrogen (secondary N) is 3. The Bertz CT molecular complexity index is 1280. The zero-order chi connectivity index (χ0) is 24.9. The number of hydrogen-bond donors (Lipinski definition) is 3. The van der Waals surface area contributed by atoms with Gasteiger partial charge in [0.1, 0.15) is 0 Å². The third-order valence-electron chi connectivity index (χ3n) is 6.19. The fourth-order valence-electron chi connectivity index (χ4n) is 3.94. The molecule has 0 bridgehead atoms. The third-order valence-corrected chi connectivity index (χ3v) is 7.58. The molecule has 182 valence electrons. The molecule has 0 aromatic heterocycles. The summed E-state index contributed by atoms with van der Waals surface area (Å²) < 4.78 is 28.1. The van der Waals surface area contributed by atoms with Crippen molar-refractivity contribution in [2.75, 3.05) is 16.6 Å². The van der Waals surface area contributed by atoms with E-state index in [2.05, 4.69) is 15.4 Å². The molecule has 1 aliphatic rings. The highest BCUT2D eigenvalue weighted by molar-refractivity contribution is 7.92. The van der Waals surface area contributed by atoms with E-state index < -0.39 is 15.4 Å². The van der Waals surface area contributed by atoms with Crippen molar-refractivity contribution in [2.24, 2.45) is 0 Å². The van der Waals surface area contributed by atoms with Gasteiger partial charge in [-0.25, -0.2) is 8.42 Å². The van der Waals surface area contributed by atoms with Crippen LogP contribution in [-0.2, 0) is 31.4 Å². The van der Waals surface area contributed by atoms with Crippen LogP contribution in [-0.4, -0.2) is 26.8 Å². The summed E-state index contributed by atoms with van der Waals surface area (Å²) in [6.07, 6.45) is 2.66. The number of anilines is 2. The first kappa shape index (κ1) is 24.5. The summed E-state index contributed by atoms with van der Waals surface area (Å²) in [4.78, 5) is 24.5. The molecule has 4 rings (SSSR count). The Balaban J connectivity index is 1.36. The Hall–Kier alpha value is -3.65. The number of amides is 2. The predicted octanol–water partition coefficient (Wildman–Crippen LogP) is 4.23. The van der Waals surface area contributed by atoms with E-state index in [0.717, 1.165) is 24.8 Å². The highest BCUT2D eigenvalue weighted by Gasteiger charge is 2.51. The Labute approximate surface area is 206 Å². The van der Waals surface area contributed by atoms with Gasteiger partial charge in [-0.2, -0.15) is 0 Å². The second-order valence-corrected chi connectivity index (χ2v) is 10.4. The normalized spacial score (nSPS) is 14.1. The van der Waals surface area contributed by atoms with E-state index in [0.29, 0.717) is 24.3 Å². The lowest BCUT2D eigenvalue weighted by Gasteiger charge is -2.17. The van der Waals surface area contributed by atoms with E-state index in [1.807, 2.05) is 42.5 Å². The molecule has 8 heteroatoms. The molecule has 0 spiro atoms. The van der Waals surface area contributed by atoms with E-state index in [-0.39, 0.29) is 16.7 Å². The van der Waals surface area contributed by atoms with Gasteiger partial charge in [0, 0.05) is 24.3 Å². The van der Waals surface area contributed by atoms with Crippen molar-refractivity contribution in [1.82, 2.24) is 5.32 Å². The van der Waals surface area contributed by atoms with Crippen molar-refractivity contribution in [3.8, 4) is 0 Å². The molecule has 1 aliphatic carbocycles. The number of benzene rings is 3. The van der Waals surface area contributed by atoms with E-state index in [4.69, 9.17) is 0 Å². The lowest BCUT2D eigenvalue weighted by molar-refractivity contribution is -0.123. The molecule has 2 amide bonds. The van der Waals surface area contributed by atoms with Crippen molar-refractivity contribution in [3.63, 3.8) is 0 Å². The maximum absolute atomic E-state index is 12.9. The second-order valence-electron chi connectivity index (χ2n) is 8.68. The van der Waals surface area contributed by atoms with Gasteiger partial charge in [0.25, 0.3) is 10.0 Å². The fourth-order valence-corrected chi connectivity index (χ4v) is 5.00. The third kappa shape index (κ3) is 5.89. The maximum atomic E-state index is 12.9. The summed E-state index contributed by atoms with van der Waals surface area (Å²) in [5.41, 5.74) is 2.48. The predicted molar refractivity (Wildman–Crippen MR) is 137 cm³/mol. The van der Waals surface area contributed by atoms with Crippen LogP contribution in [0.2, 0.25) is 0 Å². The van der Waals surface area contributed by atoms with Crippen molar-refractivity contribution < 1.29 is 18.0 Å². The summed E-state index contributed by atoms with van der Waals surface area (Å²) in [5.74, 6) is -0.130. The first-order chi connectivity index (χ1) is 16.8. The minimum atomic E-state index is -3.79. The first-order valence-corrected chi connectivity index (χ1v) is 13.2. The average Bonchev–Trinajstić information content (AvgIpc) is 3.67. The smallest absolute Gasteiger partial charge is 0.261 e. The average molecular weight is 492 g/mol. The summed E-state index contributed by atoms with van der Waals surface area (Å²) in [5, 5.41) is 5.74. The van der Waals surface area contributed by atoms with Gasteiger partial charge in [0.05, 0.1) is 10.3 Å². The number of carbonyl (C=O) groups excluding carboxylic acids is 2. The zero-order valence-corrected chi connectivity index (χ0v) is 20.4. The Morgan fingerprint density at radius 1 is 0.857 bits per heavy atom. The summed E-state index contributed by atoms with van der Waals surface area (Å²) in [6.45, 7) is 2.32. The number of rotatable bonds is 10. The van der Waals surface area contributed by atoms with Crippen molar-refractivity contribution in [2.45, 2.75) is 42.9 Å². The molecule has 1 fully saturated rings. The van der Waals surface area contributed by atoms with E-state index in [1.165, 1.54) is 17.7 Å². The monoisotopic (exact) mass is 491 g/mol. The van der Waals surface area contributed by atoms with E-state index in [9.17, 15) is 18.0 Å². The first-order valence-electron chi connectivity index (χ1n) is 11.7. The highest BCUT2D eigenvalue weighted by Crippen LogP contribution is 2.48. The molecule has 1 saturated carbocycles. The molecular formula is C27H29N3O4S. The standard InChI is InChI=1S/C27H29N3O4S/c1-2-25(31)29-22-12-14-24(15-13-22)35(33,34)30-23-10-8-21(9-11-23)27(17-18-27)26(32)28-19-16-20-6-4-3-5-7-20/h3-15,30H,2,16-19H2,1H3,(H,28,32)(H,29,31). The number of hydrogen-bond acceptors (Lipinski definition) is 4. The van der Waals surface area contributed by atoms with Crippen LogP contribution in [0, 0.1) is 0 Å². The van der Waals surface area contributed by atoms with Crippen LogP contribution in [0.25, 0.3) is 0 Å². The molecule has 35 heavy (non-hydrogen) atoms. The quantitative estimate of drug-likeness (QED) is 0.395. The molecule has 3 aromatic carbocycles. The van der Waals surface area contributed by atoms with Gasteiger partial charge in [-0.1, -0.05) is 49.4 Å². The molecule has 0 saturated heterocycles. The summed E-state index contributed by atoms with van der Waals surface area (Å²) >= 11 is 0. The van der Waals surface area contributed by atoms with Gasteiger partial charge in [0.15, 0.2) is 0 Å². The SMILES string of the molecule is CCC(=O)Nc1ccc(S(=O)(=O)Nc2ccc(C3(C(=O)NCCc4ccccc4)CC3)cc2)cc1. The minimum absolute atomic E-state index is 0.0111. The van der Waals surface area contributed by atoms with Gasteiger partial charge < -0.3 is 10.6 Å². The topological polar surface area (TPSA) is 104 Å². The van der Waals surface area contributed by atoms with Crippen LogP contribution in [0.3, 0.4) is 0 Å². The van der Waals surface area contributed by atoms with Crippen LogP contribution >= 0.6 is 0 Å². The zero-order valence-electron chi connectivity index (χ0n) is 19.6. The van der Waals surface area contributed by atoms with Crippen LogP contribution in [0.1, 0.15) is 37.3 Å². The highest BCUT2D eigenvalue weighted by atomic mass is 32.2. The summed E-state index contributed by atoms with van der Waals surface area (Å²) in [6, 6.07) is 23.0. The van der Waals surface area contributed by atoms with Crippen LogP contribution in [0.4, 0.5) is 11.4 Å². The number of carbonyl (C=O) groups is 2. The molecule has 3 aromatic rings. The number of sulfonamides is 1. The summed E-state index contributed by atoms with van der Waals surface area (Å²) in [7, 11) is -3.79. The second kappa shape index (κ2) is 10.3. The van der Waals surface area contributed by atoms with Crippen LogP contribution in [0.15, 0.2) is 83.8 Å². The molecule has 0 aliphatic heterocycles. The Morgan fingerprint density at radius 2 is 1.49 bits per heavy atom. The van der Waals surface area contributed by atoms with Crippen LogP contribution < -0.4 is 15.4 Å². The lowest BCUT2D eigenvalue weighted by atomic mass is 9.94. The molecule has 0 unspecified atom stereocenters. The van der Waals surface area contributed by atoms with Gasteiger partial charge in [-0.15, -0.1) is 0 Å². The molecular weight excluding hydrogens is 462 g/mol. The fraction of sp³-hybridized carbons (Fsp3) is 0.259. The molecule has 0 radical (unpaired) electrons. The molecule has 0 heterocycles. The minimum Gasteiger partial charge on any atom is -0.355 e. The largest absolute Gasteiger partial charge is 0.355 e. The molecule has 7 nitrogen and oxygen atoms in total. The van der Waals surface area contributed by atoms with E-state index >= 15 is 0 Å². The van der Waals surface area contributed by atoms with Crippen molar-refractivity contribution in [1.29, 1.82) is 0 Å². The van der Waals surface area contributed by atoms with Gasteiger partial charge >= 0.3 is 0 Å². The maximum Gasteiger partial charge on any atom is 0.261 e. The van der Waals surface area contributed by atoms with Gasteiger partial charge in [-0.05, 0) is 66.8 Å². The Kier molecular flexibility index (Phi) is 7.21. The molecule has 3 N–H and O–H groups in total. The lowest BCUT2D eigenvalue weighted by Crippen LogP contribution is -2.35. The Morgan fingerprint density at radius 3 is 2.09 bits per heavy atom. The van der Waals surface area contributed by atoms with Gasteiger partial charge in [-0.3, -0.25) is 14.3 Å². The van der Waals surface area contributed by atoms with E-state index in [1.54, 1.807) is 31.2 Å². The van der Waals surface area contributed by atoms with Crippen molar-refractivity contribution >= 4 is 33.2 Å². The van der Waals surface area contributed by atoms with Crippen molar-refractivity contribution in [3.05, 3.63) is 90.0 Å².